The molecule has 3 heterocycles. The highest BCUT2D eigenvalue weighted by Gasteiger charge is 2.34. The molecule has 2 aromatic rings. The molecule has 2 N–H and O–H groups in total. The molecular weight excluding hydrogens is 326 g/mol. The molecule has 2 fully saturated rings. The Balaban J connectivity index is 1.32. The molecule has 0 bridgehead atoms. The van der Waals surface area contributed by atoms with Gasteiger partial charge in [0.15, 0.2) is 0 Å². The summed E-state index contributed by atoms with van der Waals surface area (Å²) < 4.78 is 0. The van der Waals surface area contributed by atoms with E-state index in [0.29, 0.717) is 0 Å². The van der Waals surface area contributed by atoms with Crippen LogP contribution in [0.4, 0.5) is 5.82 Å². The van der Waals surface area contributed by atoms with Crippen molar-refractivity contribution in [1.82, 2.24) is 20.7 Å². The minimum Gasteiger partial charge on any atom is -0.353 e. The number of hydrazine groups is 1. The lowest BCUT2D eigenvalue weighted by atomic mass is 10.0. The van der Waals surface area contributed by atoms with Gasteiger partial charge in [-0.1, -0.05) is 35.9 Å². The lowest BCUT2D eigenvalue weighted by Gasteiger charge is -2.36. The number of nitrogens with one attached hydrogen (secondary N) is 2. The summed E-state index contributed by atoms with van der Waals surface area (Å²) in [5.74, 6) is 1.17. The van der Waals surface area contributed by atoms with E-state index in [0.717, 1.165) is 38.4 Å². The number of anilines is 1. The molecule has 0 radical (unpaired) electrons. The van der Waals surface area contributed by atoms with Crippen LogP contribution in [0.2, 0.25) is 0 Å². The summed E-state index contributed by atoms with van der Waals surface area (Å²) in [6.45, 7) is 5.21. The molecule has 136 valence electrons. The summed E-state index contributed by atoms with van der Waals surface area (Å²) in [4.78, 5) is 21.5. The molecule has 6 heteroatoms. The van der Waals surface area contributed by atoms with E-state index in [1.807, 2.05) is 29.3 Å². The molecule has 4 rings (SSSR count). The number of hydrogen-bond acceptors (Lipinski definition) is 5. The first-order valence-corrected chi connectivity index (χ1v) is 9.23. The van der Waals surface area contributed by atoms with Gasteiger partial charge < -0.3 is 9.80 Å². The van der Waals surface area contributed by atoms with Crippen LogP contribution in [-0.4, -0.2) is 48.0 Å². The van der Waals surface area contributed by atoms with E-state index in [-0.39, 0.29) is 18.0 Å². The number of aromatic nitrogens is 1. The largest absolute Gasteiger partial charge is 0.353 e. The van der Waals surface area contributed by atoms with E-state index < -0.39 is 0 Å². The number of aryl methyl sites for hydroxylation is 1. The molecule has 0 saturated carbocycles. The van der Waals surface area contributed by atoms with Gasteiger partial charge in [0.25, 0.3) is 0 Å². The number of hydrogen-bond donors (Lipinski definition) is 2. The number of amides is 1. The lowest BCUT2D eigenvalue weighted by Crippen LogP contribution is -2.53. The molecule has 2 aliphatic rings. The van der Waals surface area contributed by atoms with E-state index >= 15 is 0 Å². The third-order valence-electron chi connectivity index (χ3n) is 5.25. The van der Waals surface area contributed by atoms with Crippen LogP contribution in [-0.2, 0) is 4.79 Å². The molecule has 1 aromatic heterocycles. The van der Waals surface area contributed by atoms with Gasteiger partial charge in [-0.15, -0.1) is 0 Å². The quantitative estimate of drug-likeness (QED) is 0.880. The van der Waals surface area contributed by atoms with E-state index in [1.54, 1.807) is 0 Å². The summed E-state index contributed by atoms with van der Waals surface area (Å²) >= 11 is 0. The number of nitrogens with zero attached hydrogens (tertiary/aromatic N) is 3. The Kier molecular flexibility index (Phi) is 4.86. The highest BCUT2D eigenvalue weighted by Crippen LogP contribution is 2.24. The second-order valence-corrected chi connectivity index (χ2v) is 7.04. The summed E-state index contributed by atoms with van der Waals surface area (Å²) in [6.07, 6.45) is 2.59. The van der Waals surface area contributed by atoms with Crippen LogP contribution in [0.25, 0.3) is 0 Å². The molecule has 0 aliphatic carbocycles. The topological polar surface area (TPSA) is 60.5 Å². The van der Waals surface area contributed by atoms with Crippen LogP contribution in [0.1, 0.15) is 23.6 Å². The SMILES string of the molecule is Cc1ccc(C2CC(C(=O)N3CCN(c4ccccn4)CC3)NN2)cc1. The van der Waals surface area contributed by atoms with Gasteiger partial charge in [0.1, 0.15) is 11.9 Å². The maximum Gasteiger partial charge on any atom is 0.241 e. The molecule has 2 saturated heterocycles. The Morgan fingerprint density at radius 3 is 2.50 bits per heavy atom. The second-order valence-electron chi connectivity index (χ2n) is 7.04. The van der Waals surface area contributed by atoms with Gasteiger partial charge in [-0.2, -0.15) is 0 Å². The van der Waals surface area contributed by atoms with Crippen molar-refractivity contribution in [2.24, 2.45) is 0 Å². The monoisotopic (exact) mass is 351 g/mol. The van der Waals surface area contributed by atoms with Gasteiger partial charge in [0.05, 0.1) is 0 Å². The van der Waals surface area contributed by atoms with Crippen LogP contribution >= 0.6 is 0 Å². The number of carbonyl (C=O) groups excluding carboxylic acids is 1. The van der Waals surface area contributed by atoms with E-state index in [4.69, 9.17) is 0 Å². The number of pyridine rings is 1. The molecule has 1 amide bonds. The standard InChI is InChI=1S/C20H25N5O/c1-15-5-7-16(8-6-15)17-14-18(23-22-17)20(26)25-12-10-24(11-13-25)19-4-2-3-9-21-19/h2-9,17-18,22-23H,10-14H2,1H3. The van der Waals surface area contributed by atoms with Gasteiger partial charge in [-0.25, -0.2) is 15.8 Å². The van der Waals surface area contributed by atoms with E-state index in [1.165, 1.54) is 11.1 Å². The molecule has 6 nitrogen and oxygen atoms in total. The summed E-state index contributed by atoms with van der Waals surface area (Å²) in [5, 5.41) is 0. The van der Waals surface area contributed by atoms with Crippen molar-refractivity contribution in [3.63, 3.8) is 0 Å². The Morgan fingerprint density at radius 1 is 1.04 bits per heavy atom. The van der Waals surface area contributed by atoms with Crippen LogP contribution < -0.4 is 15.8 Å². The number of piperazine rings is 1. The fourth-order valence-corrected chi connectivity index (χ4v) is 3.65. The number of benzene rings is 1. The summed E-state index contributed by atoms with van der Waals surface area (Å²) in [7, 11) is 0. The zero-order valence-corrected chi connectivity index (χ0v) is 15.1. The highest BCUT2D eigenvalue weighted by molar-refractivity contribution is 5.82. The van der Waals surface area contributed by atoms with Crippen LogP contribution in [0, 0.1) is 6.92 Å². The maximum atomic E-state index is 12.9. The predicted octanol–water partition coefficient (Wildman–Crippen LogP) is 1.65. The van der Waals surface area contributed by atoms with Gasteiger partial charge in [-0.05, 0) is 31.0 Å². The average molecular weight is 351 g/mol. The molecule has 2 atom stereocenters. The predicted molar refractivity (Wildman–Crippen MR) is 102 cm³/mol. The molecule has 0 spiro atoms. The van der Waals surface area contributed by atoms with Crippen LogP contribution in [0.15, 0.2) is 48.7 Å². The molecule has 26 heavy (non-hydrogen) atoms. The van der Waals surface area contributed by atoms with Gasteiger partial charge >= 0.3 is 0 Å². The normalized spacial score (nSPS) is 23.3. The Bertz CT molecular complexity index is 741. The van der Waals surface area contributed by atoms with Crippen molar-refractivity contribution in [3.8, 4) is 0 Å². The van der Waals surface area contributed by atoms with Crippen molar-refractivity contribution in [3.05, 3.63) is 59.8 Å². The van der Waals surface area contributed by atoms with Gasteiger partial charge in [0, 0.05) is 38.4 Å². The molecule has 2 unspecified atom stereocenters. The fourth-order valence-electron chi connectivity index (χ4n) is 3.65. The van der Waals surface area contributed by atoms with Crippen molar-refractivity contribution in [2.75, 3.05) is 31.1 Å². The third kappa shape index (κ3) is 3.57. The van der Waals surface area contributed by atoms with Crippen LogP contribution in [0.5, 0.6) is 0 Å². The zero-order valence-electron chi connectivity index (χ0n) is 15.1. The van der Waals surface area contributed by atoms with Crippen molar-refractivity contribution in [2.45, 2.75) is 25.4 Å². The van der Waals surface area contributed by atoms with Crippen molar-refractivity contribution in [1.29, 1.82) is 0 Å². The summed E-state index contributed by atoms with van der Waals surface area (Å²) in [5.41, 5.74) is 8.94. The number of rotatable bonds is 3. The Labute approximate surface area is 154 Å². The molecule has 1 aromatic carbocycles. The first-order chi connectivity index (χ1) is 12.7. The summed E-state index contributed by atoms with van der Waals surface area (Å²) in [6, 6.07) is 14.5. The first-order valence-electron chi connectivity index (χ1n) is 9.23. The Morgan fingerprint density at radius 2 is 1.81 bits per heavy atom. The minimum atomic E-state index is -0.164. The van der Waals surface area contributed by atoms with Crippen molar-refractivity contribution < 1.29 is 4.79 Å². The molecule has 2 aliphatic heterocycles. The number of carbonyl (C=O) groups is 1. The van der Waals surface area contributed by atoms with E-state index in [9.17, 15) is 4.79 Å². The fraction of sp³-hybridized carbons (Fsp3) is 0.400. The smallest absolute Gasteiger partial charge is 0.241 e. The third-order valence-corrected chi connectivity index (χ3v) is 5.25. The maximum absolute atomic E-state index is 12.9. The van der Waals surface area contributed by atoms with Gasteiger partial charge in [0.2, 0.25) is 5.91 Å². The first kappa shape index (κ1) is 17.0. The lowest BCUT2D eigenvalue weighted by molar-refractivity contribution is -0.133. The van der Waals surface area contributed by atoms with Crippen molar-refractivity contribution >= 4 is 11.7 Å². The van der Waals surface area contributed by atoms with Crippen LogP contribution in [0.3, 0.4) is 0 Å². The van der Waals surface area contributed by atoms with Gasteiger partial charge in [-0.3, -0.25) is 4.79 Å². The highest BCUT2D eigenvalue weighted by atomic mass is 16.2. The molecular formula is C20H25N5O. The Hall–Kier alpha value is -2.44. The second kappa shape index (κ2) is 7.43. The van der Waals surface area contributed by atoms with E-state index in [2.05, 4.69) is 51.9 Å². The average Bonchev–Trinajstić information content (AvgIpc) is 3.19. The minimum absolute atomic E-state index is 0.164. The zero-order chi connectivity index (χ0) is 17.9.